The van der Waals surface area contributed by atoms with Crippen LogP contribution in [0.3, 0.4) is 0 Å². The van der Waals surface area contributed by atoms with Crippen LogP contribution in [0.2, 0.25) is 0 Å². The van der Waals surface area contributed by atoms with Crippen LogP contribution in [0.25, 0.3) is 0 Å². The van der Waals surface area contributed by atoms with Gasteiger partial charge >= 0.3 is 0 Å². The van der Waals surface area contributed by atoms with E-state index >= 15 is 0 Å². The van der Waals surface area contributed by atoms with Crippen molar-refractivity contribution in [2.24, 2.45) is 5.41 Å². The van der Waals surface area contributed by atoms with Gasteiger partial charge in [-0.1, -0.05) is 44.2 Å². The molecule has 0 fully saturated rings. The molecular weight excluding hydrogens is 198 g/mol. The average Bonchev–Trinajstić information content (AvgIpc) is 2.27. The fraction of sp³-hybridized carbons (Fsp3) is 0.357. The van der Waals surface area contributed by atoms with E-state index in [1.165, 1.54) is 0 Å². The predicted octanol–water partition coefficient (Wildman–Crippen LogP) is 3.02. The summed E-state index contributed by atoms with van der Waals surface area (Å²) < 4.78 is 0. The molecule has 0 saturated carbocycles. The van der Waals surface area contributed by atoms with Gasteiger partial charge in [0.05, 0.1) is 0 Å². The van der Waals surface area contributed by atoms with E-state index in [1.807, 2.05) is 37.3 Å². The second-order valence-electron chi connectivity index (χ2n) is 4.71. The van der Waals surface area contributed by atoms with E-state index in [0.717, 1.165) is 5.57 Å². The maximum Gasteiger partial charge on any atom is 0.251 e. The van der Waals surface area contributed by atoms with Gasteiger partial charge in [-0.3, -0.25) is 4.79 Å². The van der Waals surface area contributed by atoms with Crippen LogP contribution >= 0.6 is 0 Å². The van der Waals surface area contributed by atoms with Crippen molar-refractivity contribution in [1.82, 2.24) is 5.32 Å². The first-order chi connectivity index (χ1) is 7.43. The molecule has 0 radical (unpaired) electrons. The van der Waals surface area contributed by atoms with Crippen LogP contribution in [0, 0.1) is 5.41 Å². The van der Waals surface area contributed by atoms with Crippen molar-refractivity contribution in [3.63, 3.8) is 0 Å². The van der Waals surface area contributed by atoms with E-state index in [1.54, 1.807) is 0 Å². The Morgan fingerprint density at radius 2 is 1.88 bits per heavy atom. The molecule has 1 rings (SSSR count). The molecule has 2 nitrogen and oxygen atoms in total. The highest BCUT2D eigenvalue weighted by atomic mass is 16.1. The van der Waals surface area contributed by atoms with E-state index < -0.39 is 0 Å². The minimum Gasteiger partial charge on any atom is -0.351 e. The SMILES string of the molecule is C=C(C)C(C)(C)CNC(=O)c1ccccc1. The first-order valence-corrected chi connectivity index (χ1v) is 5.43. The summed E-state index contributed by atoms with van der Waals surface area (Å²) in [4.78, 5) is 11.8. The first-order valence-electron chi connectivity index (χ1n) is 5.43. The van der Waals surface area contributed by atoms with Crippen molar-refractivity contribution in [1.29, 1.82) is 0 Å². The molecule has 0 atom stereocenters. The zero-order chi connectivity index (χ0) is 12.2. The van der Waals surface area contributed by atoms with E-state index in [4.69, 9.17) is 0 Å². The Kier molecular flexibility index (Phi) is 3.88. The minimum atomic E-state index is -0.0650. The molecule has 0 aliphatic rings. The van der Waals surface area contributed by atoms with Crippen molar-refractivity contribution in [2.45, 2.75) is 20.8 Å². The molecule has 0 saturated heterocycles. The molecule has 16 heavy (non-hydrogen) atoms. The molecule has 0 heterocycles. The highest BCUT2D eigenvalue weighted by Gasteiger charge is 2.19. The van der Waals surface area contributed by atoms with Crippen LogP contribution in [-0.2, 0) is 0 Å². The van der Waals surface area contributed by atoms with Crippen molar-refractivity contribution in [2.75, 3.05) is 6.54 Å². The van der Waals surface area contributed by atoms with E-state index in [9.17, 15) is 4.79 Å². The van der Waals surface area contributed by atoms with Crippen LogP contribution in [0.1, 0.15) is 31.1 Å². The number of hydrogen-bond donors (Lipinski definition) is 1. The van der Waals surface area contributed by atoms with Crippen molar-refractivity contribution < 1.29 is 4.79 Å². The van der Waals surface area contributed by atoms with Gasteiger partial charge in [-0.25, -0.2) is 0 Å². The summed E-state index contributed by atoms with van der Waals surface area (Å²) in [6.45, 7) is 10.7. The molecular formula is C14H19NO. The van der Waals surface area contributed by atoms with Crippen molar-refractivity contribution in [3.05, 3.63) is 48.0 Å². The highest BCUT2D eigenvalue weighted by molar-refractivity contribution is 5.94. The minimum absolute atomic E-state index is 0.0325. The van der Waals surface area contributed by atoms with Gasteiger partial charge in [-0.05, 0) is 19.1 Å². The Labute approximate surface area is 97.4 Å². The average molecular weight is 217 g/mol. The Morgan fingerprint density at radius 3 is 2.38 bits per heavy atom. The lowest BCUT2D eigenvalue weighted by Gasteiger charge is -2.25. The van der Waals surface area contributed by atoms with Gasteiger partial charge in [0.25, 0.3) is 5.91 Å². The molecule has 0 aliphatic carbocycles. The van der Waals surface area contributed by atoms with Gasteiger partial charge in [-0.2, -0.15) is 0 Å². The van der Waals surface area contributed by atoms with E-state index in [0.29, 0.717) is 12.1 Å². The lowest BCUT2D eigenvalue weighted by Crippen LogP contribution is -2.34. The summed E-state index contributed by atoms with van der Waals surface area (Å²) in [5.74, 6) is -0.0325. The van der Waals surface area contributed by atoms with Crippen LogP contribution in [0.15, 0.2) is 42.5 Å². The summed E-state index contributed by atoms with van der Waals surface area (Å²) in [5, 5.41) is 2.92. The van der Waals surface area contributed by atoms with E-state index in [-0.39, 0.29) is 11.3 Å². The predicted molar refractivity (Wildman–Crippen MR) is 67.4 cm³/mol. The fourth-order valence-corrected chi connectivity index (χ4v) is 1.14. The normalized spacial score (nSPS) is 10.9. The molecule has 0 spiro atoms. The number of nitrogens with one attached hydrogen (secondary N) is 1. The molecule has 0 unspecified atom stereocenters. The summed E-state index contributed by atoms with van der Waals surface area (Å²) in [5.41, 5.74) is 1.70. The highest BCUT2D eigenvalue weighted by Crippen LogP contribution is 2.22. The van der Waals surface area contributed by atoms with E-state index in [2.05, 4.69) is 25.7 Å². The standard InChI is InChI=1S/C14H19NO/c1-11(2)14(3,4)10-15-13(16)12-8-6-5-7-9-12/h5-9H,1,10H2,2-4H3,(H,15,16). The quantitative estimate of drug-likeness (QED) is 0.772. The van der Waals surface area contributed by atoms with Crippen LogP contribution in [-0.4, -0.2) is 12.5 Å². The molecule has 2 heteroatoms. The summed E-state index contributed by atoms with van der Waals surface area (Å²) in [7, 11) is 0. The van der Waals surface area contributed by atoms with Gasteiger partial charge in [0.2, 0.25) is 0 Å². The second kappa shape index (κ2) is 4.97. The third-order valence-corrected chi connectivity index (χ3v) is 2.88. The van der Waals surface area contributed by atoms with Crippen molar-refractivity contribution >= 4 is 5.91 Å². The molecule has 86 valence electrons. The van der Waals surface area contributed by atoms with Crippen LogP contribution in [0.5, 0.6) is 0 Å². The van der Waals surface area contributed by atoms with Crippen molar-refractivity contribution in [3.8, 4) is 0 Å². The number of amides is 1. The zero-order valence-corrected chi connectivity index (χ0v) is 10.2. The first kappa shape index (κ1) is 12.5. The summed E-state index contributed by atoms with van der Waals surface area (Å²) >= 11 is 0. The molecule has 0 bridgehead atoms. The summed E-state index contributed by atoms with van der Waals surface area (Å²) in [6.07, 6.45) is 0. The smallest absolute Gasteiger partial charge is 0.251 e. The number of rotatable bonds is 4. The van der Waals surface area contributed by atoms with Crippen LogP contribution < -0.4 is 5.32 Å². The molecule has 1 aromatic rings. The van der Waals surface area contributed by atoms with Gasteiger partial charge in [-0.15, -0.1) is 0 Å². The van der Waals surface area contributed by atoms with Gasteiger partial charge in [0, 0.05) is 17.5 Å². The molecule has 1 amide bonds. The number of carbonyl (C=O) groups excluding carboxylic acids is 1. The monoisotopic (exact) mass is 217 g/mol. The number of benzene rings is 1. The maximum atomic E-state index is 11.8. The lowest BCUT2D eigenvalue weighted by molar-refractivity contribution is 0.0942. The maximum absolute atomic E-state index is 11.8. The van der Waals surface area contributed by atoms with Gasteiger partial charge in [0.1, 0.15) is 0 Å². The lowest BCUT2D eigenvalue weighted by atomic mass is 9.86. The molecule has 0 aliphatic heterocycles. The molecule has 1 N–H and O–H groups in total. The number of carbonyl (C=O) groups is 1. The Bertz CT molecular complexity index is 379. The Hall–Kier alpha value is -1.57. The Morgan fingerprint density at radius 1 is 1.31 bits per heavy atom. The summed E-state index contributed by atoms with van der Waals surface area (Å²) in [6, 6.07) is 9.23. The van der Waals surface area contributed by atoms with Gasteiger partial charge < -0.3 is 5.32 Å². The molecule has 0 aromatic heterocycles. The zero-order valence-electron chi connectivity index (χ0n) is 10.2. The van der Waals surface area contributed by atoms with Gasteiger partial charge in [0.15, 0.2) is 0 Å². The van der Waals surface area contributed by atoms with Crippen LogP contribution in [0.4, 0.5) is 0 Å². The largest absolute Gasteiger partial charge is 0.351 e. The second-order valence-corrected chi connectivity index (χ2v) is 4.71. The fourth-order valence-electron chi connectivity index (χ4n) is 1.14. The Balaban J connectivity index is 2.58. The third kappa shape index (κ3) is 3.23. The molecule has 1 aromatic carbocycles. The number of hydrogen-bond acceptors (Lipinski definition) is 1. The third-order valence-electron chi connectivity index (χ3n) is 2.88. The topological polar surface area (TPSA) is 29.1 Å².